The fraction of sp³-hybridized carbons (Fsp3) is 0.524. The highest BCUT2D eigenvalue weighted by atomic mass is 16.5. The molecule has 4 rings (SSSR count). The fourth-order valence-electron chi connectivity index (χ4n) is 4.30. The molecule has 8 nitrogen and oxygen atoms in total. The molecule has 0 N–H and O–H groups in total. The SMILES string of the molecule is CC(=O)N1CCCC1c1nnc2n1CCN(C(=O)COc1c(C)cccc1C)C2. The molecule has 8 heteroatoms. The molecule has 29 heavy (non-hydrogen) atoms. The van der Waals surface area contributed by atoms with Crippen molar-refractivity contribution in [3.8, 4) is 5.75 Å². The van der Waals surface area contributed by atoms with E-state index in [1.807, 2.05) is 36.9 Å². The summed E-state index contributed by atoms with van der Waals surface area (Å²) in [5.41, 5.74) is 2.04. The maximum atomic E-state index is 12.7. The molecule has 0 bridgehead atoms. The number of carbonyl (C=O) groups is 2. The number of hydrogen-bond acceptors (Lipinski definition) is 5. The van der Waals surface area contributed by atoms with Gasteiger partial charge in [0.25, 0.3) is 5.91 Å². The van der Waals surface area contributed by atoms with Crippen molar-refractivity contribution in [2.24, 2.45) is 0 Å². The number of para-hydroxylation sites is 1. The lowest BCUT2D eigenvalue weighted by Crippen LogP contribution is -2.41. The molecule has 2 aliphatic rings. The number of amides is 2. The van der Waals surface area contributed by atoms with E-state index in [2.05, 4.69) is 14.8 Å². The number of fused-ring (bicyclic) bond motifs is 1. The predicted molar refractivity (Wildman–Crippen MR) is 106 cm³/mol. The molecule has 1 aromatic carbocycles. The number of aryl methyl sites for hydroxylation is 2. The van der Waals surface area contributed by atoms with E-state index >= 15 is 0 Å². The van der Waals surface area contributed by atoms with Gasteiger partial charge < -0.3 is 19.1 Å². The number of nitrogens with zero attached hydrogens (tertiary/aromatic N) is 5. The van der Waals surface area contributed by atoms with Crippen LogP contribution in [0.3, 0.4) is 0 Å². The van der Waals surface area contributed by atoms with Crippen LogP contribution in [0.25, 0.3) is 0 Å². The molecule has 0 spiro atoms. The summed E-state index contributed by atoms with van der Waals surface area (Å²) in [6, 6.07) is 5.92. The molecule has 0 aliphatic carbocycles. The van der Waals surface area contributed by atoms with Gasteiger partial charge in [0.15, 0.2) is 18.3 Å². The number of ether oxygens (including phenoxy) is 1. The summed E-state index contributed by atoms with van der Waals surface area (Å²) in [5, 5.41) is 8.69. The van der Waals surface area contributed by atoms with E-state index < -0.39 is 0 Å². The molecule has 2 aromatic rings. The first-order chi connectivity index (χ1) is 14.0. The Labute approximate surface area is 170 Å². The van der Waals surface area contributed by atoms with Gasteiger partial charge in [0.05, 0.1) is 12.6 Å². The van der Waals surface area contributed by atoms with Crippen LogP contribution in [-0.4, -0.2) is 56.1 Å². The molecule has 1 atom stereocenters. The van der Waals surface area contributed by atoms with Gasteiger partial charge in [-0.15, -0.1) is 10.2 Å². The maximum absolute atomic E-state index is 12.7. The smallest absolute Gasteiger partial charge is 0.260 e. The summed E-state index contributed by atoms with van der Waals surface area (Å²) < 4.78 is 7.89. The van der Waals surface area contributed by atoms with Gasteiger partial charge in [0.1, 0.15) is 5.75 Å². The number of rotatable bonds is 4. The van der Waals surface area contributed by atoms with E-state index in [0.717, 1.165) is 47.9 Å². The lowest BCUT2D eigenvalue weighted by molar-refractivity contribution is -0.134. The van der Waals surface area contributed by atoms with E-state index in [-0.39, 0.29) is 24.5 Å². The molecule has 1 aromatic heterocycles. The van der Waals surface area contributed by atoms with Crippen molar-refractivity contribution in [2.75, 3.05) is 19.7 Å². The van der Waals surface area contributed by atoms with Crippen LogP contribution in [0, 0.1) is 13.8 Å². The van der Waals surface area contributed by atoms with E-state index in [4.69, 9.17) is 4.74 Å². The van der Waals surface area contributed by atoms with Crippen LogP contribution in [0.5, 0.6) is 5.75 Å². The van der Waals surface area contributed by atoms with Gasteiger partial charge >= 0.3 is 0 Å². The molecule has 2 aliphatic heterocycles. The highest BCUT2D eigenvalue weighted by Crippen LogP contribution is 2.32. The lowest BCUT2D eigenvalue weighted by Gasteiger charge is -2.30. The van der Waals surface area contributed by atoms with Gasteiger partial charge in [0, 0.05) is 26.6 Å². The van der Waals surface area contributed by atoms with Crippen LogP contribution in [0.2, 0.25) is 0 Å². The Morgan fingerprint density at radius 3 is 2.62 bits per heavy atom. The second kappa shape index (κ2) is 7.85. The third kappa shape index (κ3) is 3.71. The molecule has 0 saturated carbocycles. The first-order valence-corrected chi connectivity index (χ1v) is 10.1. The highest BCUT2D eigenvalue weighted by molar-refractivity contribution is 5.78. The Morgan fingerprint density at radius 2 is 1.90 bits per heavy atom. The highest BCUT2D eigenvalue weighted by Gasteiger charge is 2.34. The van der Waals surface area contributed by atoms with Crippen molar-refractivity contribution in [2.45, 2.75) is 52.7 Å². The van der Waals surface area contributed by atoms with Crippen molar-refractivity contribution < 1.29 is 14.3 Å². The third-order valence-corrected chi connectivity index (χ3v) is 5.84. The van der Waals surface area contributed by atoms with Gasteiger partial charge in [-0.05, 0) is 37.8 Å². The Balaban J connectivity index is 1.42. The molecule has 1 fully saturated rings. The van der Waals surface area contributed by atoms with Crippen LogP contribution < -0.4 is 4.74 Å². The van der Waals surface area contributed by atoms with Gasteiger partial charge in [-0.3, -0.25) is 9.59 Å². The van der Waals surface area contributed by atoms with E-state index in [0.29, 0.717) is 19.6 Å². The number of benzene rings is 1. The molecule has 1 saturated heterocycles. The summed E-state index contributed by atoms with van der Waals surface area (Å²) in [6.45, 7) is 7.96. The summed E-state index contributed by atoms with van der Waals surface area (Å²) in [4.78, 5) is 28.2. The number of carbonyl (C=O) groups excluding carboxylic acids is 2. The minimum Gasteiger partial charge on any atom is -0.483 e. The van der Waals surface area contributed by atoms with Crippen molar-refractivity contribution in [3.05, 3.63) is 41.0 Å². The number of hydrogen-bond donors (Lipinski definition) is 0. The second-order valence-electron chi connectivity index (χ2n) is 7.82. The first-order valence-electron chi connectivity index (χ1n) is 10.1. The van der Waals surface area contributed by atoms with Crippen LogP contribution >= 0.6 is 0 Å². The average molecular weight is 397 g/mol. The van der Waals surface area contributed by atoms with E-state index in [9.17, 15) is 9.59 Å². The molecule has 154 valence electrons. The molecular formula is C21H27N5O3. The zero-order chi connectivity index (χ0) is 20.5. The van der Waals surface area contributed by atoms with Gasteiger partial charge in [-0.1, -0.05) is 18.2 Å². The monoisotopic (exact) mass is 397 g/mol. The standard InChI is InChI=1S/C21H27N5O3/c1-14-6-4-7-15(2)20(14)29-13-19(28)24-10-11-26-18(12-24)22-23-21(26)17-8-5-9-25(17)16(3)27/h4,6-7,17H,5,8-13H2,1-3H3. The van der Waals surface area contributed by atoms with E-state index in [1.165, 1.54) is 0 Å². The predicted octanol–water partition coefficient (Wildman–Crippen LogP) is 2.00. The van der Waals surface area contributed by atoms with Crippen LogP contribution in [0.4, 0.5) is 0 Å². The Morgan fingerprint density at radius 1 is 1.14 bits per heavy atom. The molecule has 1 unspecified atom stereocenters. The zero-order valence-corrected chi connectivity index (χ0v) is 17.2. The summed E-state index contributed by atoms with van der Waals surface area (Å²) in [6.07, 6.45) is 1.89. The minimum absolute atomic E-state index is 0.00737. The number of likely N-dealkylation sites (tertiary alicyclic amines) is 1. The zero-order valence-electron chi connectivity index (χ0n) is 17.2. The fourth-order valence-corrected chi connectivity index (χ4v) is 4.30. The summed E-state index contributed by atoms with van der Waals surface area (Å²) >= 11 is 0. The largest absolute Gasteiger partial charge is 0.483 e. The topological polar surface area (TPSA) is 80.6 Å². The van der Waals surface area contributed by atoms with E-state index in [1.54, 1.807) is 11.8 Å². The van der Waals surface area contributed by atoms with Crippen molar-refractivity contribution in [1.82, 2.24) is 24.6 Å². The van der Waals surface area contributed by atoms with Crippen LogP contribution in [0.15, 0.2) is 18.2 Å². The average Bonchev–Trinajstić information content (AvgIpc) is 3.33. The lowest BCUT2D eigenvalue weighted by atomic mass is 10.1. The summed E-state index contributed by atoms with van der Waals surface area (Å²) in [5.74, 6) is 2.39. The van der Waals surface area contributed by atoms with Gasteiger partial charge in [0.2, 0.25) is 5.91 Å². The normalized spacial score (nSPS) is 18.7. The van der Waals surface area contributed by atoms with Crippen molar-refractivity contribution >= 4 is 11.8 Å². The molecule has 0 radical (unpaired) electrons. The molecule has 2 amide bonds. The molecule has 3 heterocycles. The summed E-state index contributed by atoms with van der Waals surface area (Å²) in [7, 11) is 0. The number of aromatic nitrogens is 3. The maximum Gasteiger partial charge on any atom is 0.260 e. The molecular weight excluding hydrogens is 370 g/mol. The van der Waals surface area contributed by atoms with Crippen LogP contribution in [-0.2, 0) is 22.7 Å². The Kier molecular flexibility index (Phi) is 5.25. The van der Waals surface area contributed by atoms with Crippen molar-refractivity contribution in [3.63, 3.8) is 0 Å². The van der Waals surface area contributed by atoms with Crippen LogP contribution in [0.1, 0.15) is 48.6 Å². The third-order valence-electron chi connectivity index (χ3n) is 5.84. The van der Waals surface area contributed by atoms with Gasteiger partial charge in [-0.2, -0.15) is 0 Å². The first kappa shape index (κ1) is 19.4. The minimum atomic E-state index is -0.0605. The van der Waals surface area contributed by atoms with Gasteiger partial charge in [-0.25, -0.2) is 0 Å². The van der Waals surface area contributed by atoms with Crippen molar-refractivity contribution in [1.29, 1.82) is 0 Å². The Hall–Kier alpha value is -2.90. The second-order valence-corrected chi connectivity index (χ2v) is 7.82. The Bertz CT molecular complexity index is 918. The quantitative estimate of drug-likeness (QED) is 0.788.